The lowest BCUT2D eigenvalue weighted by molar-refractivity contribution is -0.122. The SMILES string of the molecule is CCC[C@@H](CC(=O)NCCO)n1c(=O)n(Cc2cn(C)c3cccc(C)c23)c2ccccc21. The molecule has 2 aromatic heterocycles. The van der Waals surface area contributed by atoms with E-state index in [-0.39, 0.29) is 37.2 Å². The maximum Gasteiger partial charge on any atom is 0.329 e. The lowest BCUT2D eigenvalue weighted by atomic mass is 10.1. The first-order valence-corrected chi connectivity index (χ1v) is 11.6. The quantitative estimate of drug-likeness (QED) is 0.411. The number of rotatable bonds is 9. The number of fused-ring (bicyclic) bond motifs is 2. The number of benzene rings is 2. The third-order valence-electron chi connectivity index (χ3n) is 6.34. The molecule has 1 atom stereocenters. The predicted molar refractivity (Wildman–Crippen MR) is 132 cm³/mol. The second-order valence-corrected chi connectivity index (χ2v) is 8.68. The van der Waals surface area contributed by atoms with Gasteiger partial charge in [0, 0.05) is 43.2 Å². The Kier molecular flexibility index (Phi) is 6.70. The van der Waals surface area contributed by atoms with Gasteiger partial charge < -0.3 is 15.0 Å². The van der Waals surface area contributed by atoms with E-state index in [1.807, 2.05) is 35.9 Å². The summed E-state index contributed by atoms with van der Waals surface area (Å²) in [6.07, 6.45) is 3.87. The molecule has 0 bridgehead atoms. The highest BCUT2D eigenvalue weighted by molar-refractivity contribution is 5.87. The first-order chi connectivity index (χ1) is 16.0. The molecule has 7 heteroatoms. The summed E-state index contributed by atoms with van der Waals surface area (Å²) in [5, 5.41) is 12.9. The molecule has 4 rings (SSSR count). The normalized spacial score (nSPS) is 12.5. The number of amides is 1. The third-order valence-corrected chi connectivity index (χ3v) is 6.34. The van der Waals surface area contributed by atoms with Gasteiger partial charge >= 0.3 is 5.69 Å². The Morgan fingerprint density at radius 3 is 2.55 bits per heavy atom. The Balaban J connectivity index is 1.81. The Morgan fingerprint density at radius 2 is 1.82 bits per heavy atom. The Morgan fingerprint density at radius 1 is 1.09 bits per heavy atom. The van der Waals surface area contributed by atoms with Gasteiger partial charge in [-0.2, -0.15) is 0 Å². The smallest absolute Gasteiger partial charge is 0.329 e. The van der Waals surface area contributed by atoms with Crippen LogP contribution in [-0.4, -0.2) is 37.9 Å². The standard InChI is InChI=1S/C26H32N4O3/c1-4-8-20(15-24(32)27-13-14-31)30-22-11-6-5-10-21(22)29(26(30)33)17-19-16-28(3)23-12-7-9-18(2)25(19)23/h5-7,9-12,16,20,31H,4,8,13-15,17H2,1-3H3,(H,27,32)/t20-/m0/s1. The number of aliphatic hydroxyl groups is 1. The summed E-state index contributed by atoms with van der Waals surface area (Å²) in [4.78, 5) is 26.2. The average molecular weight is 449 g/mol. The third kappa shape index (κ3) is 4.33. The molecular formula is C26H32N4O3. The molecular weight excluding hydrogens is 416 g/mol. The zero-order chi connectivity index (χ0) is 23.5. The van der Waals surface area contributed by atoms with E-state index in [1.165, 1.54) is 10.9 Å². The largest absolute Gasteiger partial charge is 0.395 e. The molecule has 4 aromatic rings. The summed E-state index contributed by atoms with van der Waals surface area (Å²) in [7, 11) is 2.03. The molecule has 1 amide bonds. The molecule has 0 aliphatic rings. The van der Waals surface area contributed by atoms with Gasteiger partial charge in [-0.1, -0.05) is 37.6 Å². The monoisotopic (exact) mass is 448 g/mol. The van der Waals surface area contributed by atoms with E-state index in [0.717, 1.165) is 28.5 Å². The van der Waals surface area contributed by atoms with Gasteiger partial charge in [-0.3, -0.25) is 13.9 Å². The number of aliphatic hydroxyl groups excluding tert-OH is 1. The van der Waals surface area contributed by atoms with Gasteiger partial charge in [0.1, 0.15) is 0 Å². The Bertz CT molecular complexity index is 1350. The van der Waals surface area contributed by atoms with Gasteiger partial charge in [-0.05, 0) is 42.7 Å². The maximum atomic E-state index is 13.8. The number of carbonyl (C=O) groups excluding carboxylic acids is 1. The van der Waals surface area contributed by atoms with Crippen molar-refractivity contribution in [2.45, 2.75) is 45.7 Å². The van der Waals surface area contributed by atoms with Crippen LogP contribution in [0.5, 0.6) is 0 Å². The summed E-state index contributed by atoms with van der Waals surface area (Å²) in [6.45, 7) is 4.73. The minimum absolute atomic E-state index is 0.102. The topological polar surface area (TPSA) is 81.2 Å². The van der Waals surface area contributed by atoms with Crippen molar-refractivity contribution in [1.82, 2.24) is 19.0 Å². The van der Waals surface area contributed by atoms with Crippen LogP contribution in [0.1, 0.15) is 43.4 Å². The average Bonchev–Trinajstić information content (AvgIpc) is 3.27. The van der Waals surface area contributed by atoms with Crippen molar-refractivity contribution in [1.29, 1.82) is 0 Å². The lowest BCUT2D eigenvalue weighted by Crippen LogP contribution is -2.33. The van der Waals surface area contributed by atoms with Crippen molar-refractivity contribution in [2.75, 3.05) is 13.2 Å². The maximum absolute atomic E-state index is 13.8. The Labute approximate surface area is 193 Å². The molecule has 0 saturated heterocycles. The predicted octanol–water partition coefficient (Wildman–Crippen LogP) is 3.49. The highest BCUT2D eigenvalue weighted by atomic mass is 16.3. The number of nitrogens with one attached hydrogen (secondary N) is 1. The molecule has 0 aliphatic heterocycles. The summed E-state index contributed by atoms with van der Waals surface area (Å²) in [5.74, 6) is -0.157. The van der Waals surface area contributed by atoms with Crippen molar-refractivity contribution in [2.24, 2.45) is 7.05 Å². The van der Waals surface area contributed by atoms with E-state index in [9.17, 15) is 9.59 Å². The van der Waals surface area contributed by atoms with Crippen LogP contribution in [0, 0.1) is 6.92 Å². The van der Waals surface area contributed by atoms with Gasteiger partial charge in [0.05, 0.1) is 24.2 Å². The van der Waals surface area contributed by atoms with E-state index in [0.29, 0.717) is 13.0 Å². The molecule has 0 aliphatic carbocycles. The lowest BCUT2D eigenvalue weighted by Gasteiger charge is -2.18. The minimum Gasteiger partial charge on any atom is -0.395 e. The molecule has 174 valence electrons. The number of nitrogens with zero attached hydrogens (tertiary/aromatic N) is 3. The molecule has 0 unspecified atom stereocenters. The van der Waals surface area contributed by atoms with Crippen LogP contribution in [0.25, 0.3) is 21.9 Å². The fourth-order valence-corrected chi connectivity index (χ4v) is 4.90. The molecule has 0 spiro atoms. The molecule has 7 nitrogen and oxygen atoms in total. The summed E-state index contributed by atoms with van der Waals surface area (Å²) in [6, 6.07) is 13.8. The van der Waals surface area contributed by atoms with Crippen LogP contribution in [0.3, 0.4) is 0 Å². The van der Waals surface area contributed by atoms with E-state index in [1.54, 1.807) is 4.57 Å². The zero-order valence-corrected chi connectivity index (χ0v) is 19.5. The van der Waals surface area contributed by atoms with Gasteiger partial charge in [-0.15, -0.1) is 0 Å². The molecule has 0 radical (unpaired) electrons. The minimum atomic E-state index is -0.249. The van der Waals surface area contributed by atoms with Crippen LogP contribution in [-0.2, 0) is 18.4 Å². The molecule has 0 saturated carbocycles. The summed E-state index contributed by atoms with van der Waals surface area (Å²) in [5.41, 5.74) is 5.03. The van der Waals surface area contributed by atoms with Crippen molar-refractivity contribution < 1.29 is 9.90 Å². The number of carbonyl (C=O) groups is 1. The number of hydrogen-bond donors (Lipinski definition) is 2. The first-order valence-electron chi connectivity index (χ1n) is 11.6. The summed E-state index contributed by atoms with van der Waals surface area (Å²) < 4.78 is 5.72. The van der Waals surface area contributed by atoms with Gasteiger partial charge in [0.2, 0.25) is 5.91 Å². The van der Waals surface area contributed by atoms with Crippen LogP contribution < -0.4 is 11.0 Å². The van der Waals surface area contributed by atoms with Gasteiger partial charge in [-0.25, -0.2) is 4.79 Å². The van der Waals surface area contributed by atoms with Crippen LogP contribution in [0.15, 0.2) is 53.5 Å². The van der Waals surface area contributed by atoms with Crippen molar-refractivity contribution in [3.8, 4) is 0 Å². The molecule has 2 heterocycles. The second-order valence-electron chi connectivity index (χ2n) is 8.68. The highest BCUT2D eigenvalue weighted by Crippen LogP contribution is 2.27. The van der Waals surface area contributed by atoms with Crippen molar-refractivity contribution in [3.63, 3.8) is 0 Å². The summed E-state index contributed by atoms with van der Waals surface area (Å²) >= 11 is 0. The number of hydrogen-bond acceptors (Lipinski definition) is 3. The van der Waals surface area contributed by atoms with E-state index in [2.05, 4.69) is 48.1 Å². The first kappa shape index (κ1) is 22.9. The van der Waals surface area contributed by atoms with Gasteiger partial charge in [0.25, 0.3) is 0 Å². The molecule has 2 N–H and O–H groups in total. The number of aryl methyl sites for hydroxylation is 2. The number of para-hydroxylation sites is 2. The Hall–Kier alpha value is -3.32. The van der Waals surface area contributed by atoms with Crippen LogP contribution in [0.4, 0.5) is 0 Å². The zero-order valence-electron chi connectivity index (χ0n) is 19.5. The van der Waals surface area contributed by atoms with Crippen LogP contribution >= 0.6 is 0 Å². The van der Waals surface area contributed by atoms with Crippen molar-refractivity contribution in [3.05, 3.63) is 70.3 Å². The number of imidazole rings is 1. The van der Waals surface area contributed by atoms with E-state index < -0.39 is 0 Å². The fourth-order valence-electron chi connectivity index (χ4n) is 4.90. The van der Waals surface area contributed by atoms with Crippen molar-refractivity contribution >= 4 is 27.8 Å². The molecule has 0 fully saturated rings. The van der Waals surface area contributed by atoms with E-state index in [4.69, 9.17) is 5.11 Å². The van der Waals surface area contributed by atoms with Crippen LogP contribution in [0.2, 0.25) is 0 Å². The van der Waals surface area contributed by atoms with E-state index >= 15 is 0 Å². The molecule has 2 aromatic carbocycles. The van der Waals surface area contributed by atoms with Gasteiger partial charge in [0.15, 0.2) is 0 Å². The molecule has 33 heavy (non-hydrogen) atoms. The highest BCUT2D eigenvalue weighted by Gasteiger charge is 2.23. The second kappa shape index (κ2) is 9.67. The fraction of sp³-hybridized carbons (Fsp3) is 0.385. The number of aromatic nitrogens is 3.